The first-order valence-electron chi connectivity index (χ1n) is 7.72. The third kappa shape index (κ3) is 3.23. The summed E-state index contributed by atoms with van der Waals surface area (Å²) >= 11 is 0. The molecule has 1 aromatic heterocycles. The average molecular weight is 282 g/mol. The number of rotatable bonds is 3. The van der Waals surface area contributed by atoms with E-state index in [1.807, 2.05) is 0 Å². The Hall–Kier alpha value is -1.90. The Morgan fingerprint density at radius 2 is 1.57 bits per heavy atom. The van der Waals surface area contributed by atoms with Gasteiger partial charge in [0.25, 0.3) is 0 Å². The van der Waals surface area contributed by atoms with Crippen molar-refractivity contribution in [2.75, 3.05) is 7.11 Å². The fourth-order valence-electron chi connectivity index (χ4n) is 3.07. The van der Waals surface area contributed by atoms with E-state index in [0.717, 1.165) is 23.2 Å². The van der Waals surface area contributed by atoms with E-state index in [-0.39, 0.29) is 0 Å². The van der Waals surface area contributed by atoms with Crippen molar-refractivity contribution >= 4 is 0 Å². The minimum Gasteiger partial charge on any atom is -0.494 e. The van der Waals surface area contributed by atoms with E-state index in [2.05, 4.69) is 41.2 Å². The lowest BCUT2D eigenvalue weighted by Gasteiger charge is -2.26. The maximum atomic E-state index is 5.09. The summed E-state index contributed by atoms with van der Waals surface area (Å²) in [6.45, 7) is 2.36. The molecular weight excluding hydrogens is 260 g/mol. The monoisotopic (exact) mass is 282 g/mol. The zero-order valence-electron chi connectivity index (χ0n) is 12.7. The lowest BCUT2D eigenvalue weighted by atomic mass is 9.79. The highest BCUT2D eigenvalue weighted by Crippen LogP contribution is 2.35. The molecule has 110 valence electrons. The van der Waals surface area contributed by atoms with Crippen molar-refractivity contribution in [1.82, 2.24) is 9.97 Å². The first-order valence-corrected chi connectivity index (χ1v) is 7.72. The summed E-state index contributed by atoms with van der Waals surface area (Å²) in [4.78, 5) is 8.67. The Kier molecular flexibility index (Phi) is 4.18. The quantitative estimate of drug-likeness (QED) is 0.834. The second-order valence-electron chi connectivity index (χ2n) is 6.03. The number of benzene rings is 1. The molecule has 0 unspecified atom stereocenters. The highest BCUT2D eigenvalue weighted by atomic mass is 16.5. The molecule has 0 spiro atoms. The zero-order chi connectivity index (χ0) is 14.7. The molecule has 0 saturated heterocycles. The maximum Gasteiger partial charge on any atom is 0.159 e. The summed E-state index contributed by atoms with van der Waals surface area (Å²) in [6.07, 6.45) is 8.76. The molecule has 1 heterocycles. The van der Waals surface area contributed by atoms with E-state index in [1.54, 1.807) is 19.5 Å². The van der Waals surface area contributed by atoms with Gasteiger partial charge >= 0.3 is 0 Å². The Morgan fingerprint density at radius 1 is 0.952 bits per heavy atom. The highest BCUT2D eigenvalue weighted by Gasteiger charge is 2.19. The van der Waals surface area contributed by atoms with Gasteiger partial charge < -0.3 is 4.74 Å². The molecular formula is C18H22N2O. The average Bonchev–Trinajstić information content (AvgIpc) is 2.56. The molecule has 1 aromatic carbocycles. The topological polar surface area (TPSA) is 35.0 Å². The van der Waals surface area contributed by atoms with Crippen molar-refractivity contribution in [3.8, 4) is 17.1 Å². The molecule has 2 aromatic rings. The first-order chi connectivity index (χ1) is 10.3. The van der Waals surface area contributed by atoms with Gasteiger partial charge in [0.1, 0.15) is 0 Å². The maximum absolute atomic E-state index is 5.09. The van der Waals surface area contributed by atoms with Gasteiger partial charge in [0.2, 0.25) is 0 Å². The van der Waals surface area contributed by atoms with Gasteiger partial charge in [-0.2, -0.15) is 0 Å². The molecule has 0 aliphatic heterocycles. The molecule has 0 N–H and O–H groups in total. The van der Waals surface area contributed by atoms with E-state index in [9.17, 15) is 0 Å². The number of hydrogen-bond acceptors (Lipinski definition) is 3. The summed E-state index contributed by atoms with van der Waals surface area (Å²) in [5.41, 5.74) is 2.52. The van der Waals surface area contributed by atoms with Crippen LogP contribution in [0.1, 0.15) is 44.1 Å². The molecule has 3 heteroatoms. The molecule has 1 aliphatic rings. The number of methoxy groups -OCH3 is 1. The second kappa shape index (κ2) is 6.25. The van der Waals surface area contributed by atoms with Gasteiger partial charge in [-0.3, -0.25) is 0 Å². The first kappa shape index (κ1) is 14.1. The number of aromatic nitrogens is 2. The van der Waals surface area contributed by atoms with Crippen LogP contribution < -0.4 is 4.74 Å². The van der Waals surface area contributed by atoms with Gasteiger partial charge in [0, 0.05) is 5.56 Å². The van der Waals surface area contributed by atoms with Gasteiger partial charge in [-0.1, -0.05) is 44.0 Å². The van der Waals surface area contributed by atoms with Crippen molar-refractivity contribution < 1.29 is 4.74 Å². The summed E-state index contributed by atoms with van der Waals surface area (Å²) in [5, 5.41) is 0. The predicted molar refractivity (Wildman–Crippen MR) is 84.4 cm³/mol. The van der Waals surface area contributed by atoms with Crippen molar-refractivity contribution in [3.63, 3.8) is 0 Å². The van der Waals surface area contributed by atoms with Gasteiger partial charge in [-0.15, -0.1) is 0 Å². The van der Waals surface area contributed by atoms with E-state index < -0.39 is 0 Å². The smallest absolute Gasteiger partial charge is 0.159 e. The molecule has 1 fully saturated rings. The fraction of sp³-hybridized carbons (Fsp3) is 0.444. The van der Waals surface area contributed by atoms with Crippen LogP contribution in [0.15, 0.2) is 36.7 Å². The van der Waals surface area contributed by atoms with Gasteiger partial charge in [0.15, 0.2) is 11.6 Å². The molecule has 1 aliphatic carbocycles. The molecule has 0 atom stereocenters. The third-order valence-corrected chi connectivity index (χ3v) is 4.52. The number of nitrogens with zero attached hydrogens (tertiary/aromatic N) is 2. The fourth-order valence-corrected chi connectivity index (χ4v) is 3.07. The minimum absolute atomic E-state index is 0.687. The molecule has 1 saturated carbocycles. The second-order valence-corrected chi connectivity index (χ2v) is 6.03. The van der Waals surface area contributed by atoms with Crippen molar-refractivity contribution in [2.45, 2.75) is 38.5 Å². The zero-order valence-corrected chi connectivity index (χ0v) is 12.7. The largest absolute Gasteiger partial charge is 0.494 e. The molecule has 0 amide bonds. The van der Waals surface area contributed by atoms with Crippen LogP contribution in [0.2, 0.25) is 0 Å². The Morgan fingerprint density at radius 3 is 2.14 bits per heavy atom. The van der Waals surface area contributed by atoms with Crippen molar-refractivity contribution in [2.24, 2.45) is 5.92 Å². The van der Waals surface area contributed by atoms with Crippen LogP contribution in [-0.4, -0.2) is 17.1 Å². The SMILES string of the molecule is COc1cnc(-c2ccc(C3CCC(C)CC3)cc2)nc1. The van der Waals surface area contributed by atoms with E-state index in [1.165, 1.54) is 31.2 Å². The standard InChI is InChI=1S/C18H22N2O/c1-13-3-5-14(6-4-13)15-7-9-16(10-8-15)18-19-11-17(21-2)12-20-18/h7-14H,3-6H2,1-2H3. The van der Waals surface area contributed by atoms with Crippen LogP contribution >= 0.6 is 0 Å². The van der Waals surface area contributed by atoms with E-state index in [0.29, 0.717) is 5.75 Å². The molecule has 21 heavy (non-hydrogen) atoms. The summed E-state index contributed by atoms with van der Waals surface area (Å²) < 4.78 is 5.09. The van der Waals surface area contributed by atoms with Crippen LogP contribution in [-0.2, 0) is 0 Å². The lowest BCUT2D eigenvalue weighted by Crippen LogP contribution is -2.10. The predicted octanol–water partition coefficient (Wildman–Crippen LogP) is 4.45. The molecule has 0 bridgehead atoms. The minimum atomic E-state index is 0.687. The van der Waals surface area contributed by atoms with E-state index >= 15 is 0 Å². The number of ether oxygens (including phenoxy) is 1. The third-order valence-electron chi connectivity index (χ3n) is 4.52. The summed E-state index contributed by atoms with van der Waals surface area (Å²) in [7, 11) is 1.62. The van der Waals surface area contributed by atoms with Crippen LogP contribution in [0.4, 0.5) is 0 Å². The van der Waals surface area contributed by atoms with Gasteiger partial charge in [-0.25, -0.2) is 9.97 Å². The Bertz CT molecular complexity index is 569. The van der Waals surface area contributed by atoms with Crippen molar-refractivity contribution in [1.29, 1.82) is 0 Å². The normalized spacial score (nSPS) is 22.0. The molecule has 3 rings (SSSR count). The molecule has 0 radical (unpaired) electrons. The van der Waals surface area contributed by atoms with E-state index in [4.69, 9.17) is 4.74 Å². The van der Waals surface area contributed by atoms with Gasteiger partial charge in [0.05, 0.1) is 19.5 Å². The molecule has 3 nitrogen and oxygen atoms in total. The Labute approximate surface area is 126 Å². The van der Waals surface area contributed by atoms with Crippen LogP contribution in [0.25, 0.3) is 11.4 Å². The van der Waals surface area contributed by atoms with Crippen LogP contribution in [0.5, 0.6) is 5.75 Å². The summed E-state index contributed by atoms with van der Waals surface area (Å²) in [5.74, 6) is 3.06. The van der Waals surface area contributed by atoms with Gasteiger partial charge in [-0.05, 0) is 30.2 Å². The van der Waals surface area contributed by atoms with Crippen LogP contribution in [0.3, 0.4) is 0 Å². The van der Waals surface area contributed by atoms with Crippen molar-refractivity contribution in [3.05, 3.63) is 42.2 Å². The lowest BCUT2D eigenvalue weighted by molar-refractivity contribution is 0.348. The highest BCUT2D eigenvalue weighted by molar-refractivity contribution is 5.55. The Balaban J connectivity index is 1.74. The van der Waals surface area contributed by atoms with Crippen LogP contribution in [0, 0.1) is 5.92 Å². The number of hydrogen-bond donors (Lipinski definition) is 0. The summed E-state index contributed by atoms with van der Waals surface area (Å²) in [6, 6.07) is 8.75.